The van der Waals surface area contributed by atoms with Crippen molar-refractivity contribution in [2.24, 2.45) is 0 Å². The Morgan fingerprint density at radius 1 is 1.33 bits per heavy atom. The van der Waals surface area contributed by atoms with Crippen LogP contribution in [0.2, 0.25) is 0 Å². The van der Waals surface area contributed by atoms with E-state index in [0.717, 1.165) is 5.56 Å². The maximum atomic E-state index is 14.2. The van der Waals surface area contributed by atoms with Crippen LogP contribution in [0.15, 0.2) is 12.1 Å². The SMILES string of the molecule is CCCS(=O)(=O)Nc1ccc(C)c(C(C)C)c1F. The highest BCUT2D eigenvalue weighted by Gasteiger charge is 2.17. The van der Waals surface area contributed by atoms with E-state index in [1.54, 1.807) is 13.0 Å². The first kappa shape index (κ1) is 15.0. The van der Waals surface area contributed by atoms with Gasteiger partial charge in [0.25, 0.3) is 0 Å². The van der Waals surface area contributed by atoms with Crippen LogP contribution >= 0.6 is 0 Å². The molecule has 0 saturated heterocycles. The van der Waals surface area contributed by atoms with Gasteiger partial charge in [-0.3, -0.25) is 4.72 Å². The largest absolute Gasteiger partial charge is 0.281 e. The van der Waals surface area contributed by atoms with Crippen LogP contribution in [0.5, 0.6) is 0 Å². The number of aryl methyl sites for hydroxylation is 1. The van der Waals surface area contributed by atoms with Crippen molar-refractivity contribution in [3.63, 3.8) is 0 Å². The number of benzene rings is 1. The van der Waals surface area contributed by atoms with E-state index < -0.39 is 15.8 Å². The molecule has 0 unspecified atom stereocenters. The molecule has 0 heterocycles. The third-order valence-electron chi connectivity index (χ3n) is 2.71. The van der Waals surface area contributed by atoms with Crippen molar-refractivity contribution in [3.8, 4) is 0 Å². The van der Waals surface area contributed by atoms with Crippen LogP contribution in [0, 0.1) is 12.7 Å². The summed E-state index contributed by atoms with van der Waals surface area (Å²) in [5, 5.41) is 0. The zero-order valence-electron chi connectivity index (χ0n) is 11.2. The molecule has 0 fully saturated rings. The molecular formula is C13H20FNO2S. The van der Waals surface area contributed by atoms with Crippen molar-refractivity contribution in [1.29, 1.82) is 0 Å². The minimum absolute atomic E-state index is 0.00265. The minimum Gasteiger partial charge on any atom is -0.281 e. The quantitative estimate of drug-likeness (QED) is 0.893. The van der Waals surface area contributed by atoms with Gasteiger partial charge in [-0.25, -0.2) is 12.8 Å². The number of anilines is 1. The molecule has 0 amide bonds. The van der Waals surface area contributed by atoms with Gasteiger partial charge in [-0.1, -0.05) is 26.8 Å². The van der Waals surface area contributed by atoms with Crippen LogP contribution in [0.1, 0.15) is 44.2 Å². The first-order valence-electron chi connectivity index (χ1n) is 6.08. The van der Waals surface area contributed by atoms with Gasteiger partial charge in [0.1, 0.15) is 0 Å². The smallest absolute Gasteiger partial charge is 0.232 e. The van der Waals surface area contributed by atoms with Crippen LogP contribution < -0.4 is 4.72 Å². The molecule has 1 aromatic carbocycles. The Morgan fingerprint density at radius 2 is 1.94 bits per heavy atom. The van der Waals surface area contributed by atoms with Crippen LogP contribution in [0.3, 0.4) is 0 Å². The molecular weight excluding hydrogens is 253 g/mol. The van der Waals surface area contributed by atoms with Crippen molar-refractivity contribution in [3.05, 3.63) is 29.1 Å². The number of halogens is 1. The summed E-state index contributed by atoms with van der Waals surface area (Å²) in [4.78, 5) is 0. The molecule has 0 atom stereocenters. The summed E-state index contributed by atoms with van der Waals surface area (Å²) >= 11 is 0. The van der Waals surface area contributed by atoms with Crippen molar-refractivity contribution in [2.45, 2.75) is 40.0 Å². The third kappa shape index (κ3) is 3.45. The van der Waals surface area contributed by atoms with Crippen LogP contribution in [-0.2, 0) is 10.0 Å². The molecule has 0 spiro atoms. The maximum Gasteiger partial charge on any atom is 0.232 e. The van der Waals surface area contributed by atoms with Gasteiger partial charge < -0.3 is 0 Å². The summed E-state index contributed by atoms with van der Waals surface area (Å²) in [6.07, 6.45) is 0.500. The zero-order chi connectivity index (χ0) is 13.9. The zero-order valence-corrected chi connectivity index (χ0v) is 12.1. The van der Waals surface area contributed by atoms with E-state index in [1.165, 1.54) is 6.07 Å². The van der Waals surface area contributed by atoms with Gasteiger partial charge in [0.15, 0.2) is 5.82 Å². The normalized spacial score (nSPS) is 11.9. The first-order valence-corrected chi connectivity index (χ1v) is 7.73. The van der Waals surface area contributed by atoms with Gasteiger partial charge in [0.05, 0.1) is 11.4 Å². The van der Waals surface area contributed by atoms with E-state index in [4.69, 9.17) is 0 Å². The Morgan fingerprint density at radius 3 is 2.44 bits per heavy atom. The fourth-order valence-corrected chi connectivity index (χ4v) is 3.10. The Labute approximate surface area is 108 Å². The maximum absolute atomic E-state index is 14.2. The Hall–Kier alpha value is -1.10. The molecule has 102 valence electrons. The average Bonchev–Trinajstić information content (AvgIpc) is 2.21. The van der Waals surface area contributed by atoms with Crippen molar-refractivity contribution >= 4 is 15.7 Å². The highest BCUT2D eigenvalue weighted by atomic mass is 32.2. The van der Waals surface area contributed by atoms with Crippen molar-refractivity contribution in [1.82, 2.24) is 0 Å². The Kier molecular flexibility index (Phi) is 4.73. The molecule has 3 nitrogen and oxygen atoms in total. The van der Waals surface area contributed by atoms with Gasteiger partial charge in [0.2, 0.25) is 10.0 Å². The second-order valence-corrected chi connectivity index (χ2v) is 6.58. The molecule has 0 aromatic heterocycles. The molecule has 0 radical (unpaired) electrons. The number of hydrogen-bond donors (Lipinski definition) is 1. The summed E-state index contributed by atoms with van der Waals surface area (Å²) in [5.74, 6) is -0.456. The molecule has 1 rings (SSSR count). The van der Waals surface area contributed by atoms with Crippen molar-refractivity contribution < 1.29 is 12.8 Å². The second kappa shape index (κ2) is 5.69. The minimum atomic E-state index is -3.45. The van der Waals surface area contributed by atoms with Gasteiger partial charge in [-0.05, 0) is 36.5 Å². The van der Waals surface area contributed by atoms with Crippen LogP contribution in [0.4, 0.5) is 10.1 Å². The lowest BCUT2D eigenvalue weighted by atomic mass is 9.97. The number of hydrogen-bond acceptors (Lipinski definition) is 2. The molecule has 0 saturated carbocycles. The molecule has 18 heavy (non-hydrogen) atoms. The molecule has 0 aliphatic carbocycles. The molecule has 1 aromatic rings. The first-order chi connectivity index (χ1) is 8.28. The van der Waals surface area contributed by atoms with Gasteiger partial charge in [-0.2, -0.15) is 0 Å². The number of sulfonamides is 1. The summed E-state index contributed by atoms with van der Waals surface area (Å²) in [6, 6.07) is 3.21. The fraction of sp³-hybridized carbons (Fsp3) is 0.538. The Bertz CT molecular complexity index is 524. The number of nitrogens with one attached hydrogen (secondary N) is 1. The summed E-state index contributed by atoms with van der Waals surface area (Å²) < 4.78 is 39.8. The lowest BCUT2D eigenvalue weighted by Crippen LogP contribution is -2.17. The third-order valence-corrected chi connectivity index (χ3v) is 4.19. The highest BCUT2D eigenvalue weighted by molar-refractivity contribution is 7.92. The monoisotopic (exact) mass is 273 g/mol. The molecule has 1 N–H and O–H groups in total. The summed E-state index contributed by atoms with van der Waals surface area (Å²) in [7, 11) is -3.45. The molecule has 0 aliphatic heterocycles. The van der Waals surface area contributed by atoms with E-state index in [9.17, 15) is 12.8 Å². The van der Waals surface area contributed by atoms with E-state index in [2.05, 4.69) is 4.72 Å². The highest BCUT2D eigenvalue weighted by Crippen LogP contribution is 2.28. The lowest BCUT2D eigenvalue weighted by molar-refractivity contribution is 0.590. The molecule has 0 bridgehead atoms. The topological polar surface area (TPSA) is 46.2 Å². The summed E-state index contributed by atoms with van der Waals surface area (Å²) in [5.41, 5.74) is 1.44. The van der Waals surface area contributed by atoms with E-state index in [1.807, 2.05) is 20.8 Å². The standard InChI is InChI=1S/C13H20FNO2S/c1-5-8-18(16,17)15-11-7-6-10(4)12(9(2)3)13(11)14/h6-7,9,15H,5,8H2,1-4H3. The Balaban J connectivity index is 3.17. The fourth-order valence-electron chi connectivity index (χ4n) is 1.96. The second-order valence-electron chi connectivity index (χ2n) is 4.73. The predicted molar refractivity (Wildman–Crippen MR) is 72.9 cm³/mol. The summed E-state index contributed by atoms with van der Waals surface area (Å²) in [6.45, 7) is 7.36. The lowest BCUT2D eigenvalue weighted by Gasteiger charge is -2.15. The average molecular weight is 273 g/mol. The van der Waals surface area contributed by atoms with Gasteiger partial charge in [0, 0.05) is 0 Å². The van der Waals surface area contributed by atoms with Gasteiger partial charge >= 0.3 is 0 Å². The molecule has 5 heteroatoms. The van der Waals surface area contributed by atoms with Gasteiger partial charge in [-0.15, -0.1) is 0 Å². The van der Waals surface area contributed by atoms with E-state index in [-0.39, 0.29) is 17.4 Å². The van der Waals surface area contributed by atoms with Crippen LogP contribution in [0.25, 0.3) is 0 Å². The molecule has 0 aliphatic rings. The number of rotatable bonds is 5. The predicted octanol–water partition coefficient (Wildman–Crippen LogP) is 3.41. The van der Waals surface area contributed by atoms with E-state index in [0.29, 0.717) is 12.0 Å². The van der Waals surface area contributed by atoms with Crippen molar-refractivity contribution in [2.75, 3.05) is 10.5 Å². The van der Waals surface area contributed by atoms with Crippen LogP contribution in [-0.4, -0.2) is 14.2 Å². The van der Waals surface area contributed by atoms with E-state index >= 15 is 0 Å².